The summed E-state index contributed by atoms with van der Waals surface area (Å²) in [5.74, 6) is -0.530. The van der Waals surface area contributed by atoms with Gasteiger partial charge in [0.15, 0.2) is 0 Å². The van der Waals surface area contributed by atoms with Gasteiger partial charge in [0.2, 0.25) is 0 Å². The number of hydrogen-bond acceptors (Lipinski definition) is 2. The van der Waals surface area contributed by atoms with Gasteiger partial charge in [0.25, 0.3) is 11.8 Å². The first kappa shape index (κ1) is 17.7. The summed E-state index contributed by atoms with van der Waals surface area (Å²) in [4.78, 5) is 25.4. The molecule has 0 bridgehead atoms. The van der Waals surface area contributed by atoms with E-state index < -0.39 is 5.54 Å². The van der Waals surface area contributed by atoms with Crippen molar-refractivity contribution in [3.63, 3.8) is 0 Å². The molecule has 2 aromatic rings. The highest BCUT2D eigenvalue weighted by Crippen LogP contribution is 2.16. The number of carbonyl (C=O) groups is 2. The zero-order valence-corrected chi connectivity index (χ0v) is 14.9. The van der Waals surface area contributed by atoms with Crippen LogP contribution in [0.4, 0.5) is 0 Å². The van der Waals surface area contributed by atoms with E-state index in [1.165, 1.54) is 5.01 Å². The van der Waals surface area contributed by atoms with E-state index in [4.69, 9.17) is 0 Å². The highest BCUT2D eigenvalue weighted by atomic mass is 16.2. The first-order valence-corrected chi connectivity index (χ1v) is 7.97. The molecule has 0 aliphatic carbocycles. The van der Waals surface area contributed by atoms with E-state index in [9.17, 15) is 9.59 Å². The maximum Gasteiger partial charge on any atom is 0.272 e. The lowest BCUT2D eigenvalue weighted by molar-refractivity contribution is 0.0358. The number of amides is 2. The Morgan fingerprint density at radius 3 is 2.04 bits per heavy atom. The number of nitrogens with one attached hydrogen (secondary N) is 1. The van der Waals surface area contributed by atoms with Gasteiger partial charge in [-0.15, -0.1) is 0 Å². The Bertz CT molecular complexity index is 743. The maximum absolute atomic E-state index is 12.9. The molecule has 1 N–H and O–H groups in total. The topological polar surface area (TPSA) is 49.4 Å². The quantitative estimate of drug-likeness (QED) is 0.852. The highest BCUT2D eigenvalue weighted by Gasteiger charge is 2.29. The molecule has 0 spiro atoms. The van der Waals surface area contributed by atoms with Crippen LogP contribution >= 0.6 is 0 Å². The molecule has 0 atom stereocenters. The molecule has 126 valence electrons. The number of hydrogen-bond donors (Lipinski definition) is 1. The molecule has 0 saturated carbocycles. The Hall–Kier alpha value is -2.62. The van der Waals surface area contributed by atoms with Gasteiger partial charge < -0.3 is 0 Å². The van der Waals surface area contributed by atoms with Crippen LogP contribution < -0.4 is 5.43 Å². The molecule has 2 aromatic carbocycles. The SMILES string of the molecule is Cc1ccc(C(=O)NN(C(=O)c2cccc(C)c2)C(C)(C)C)cc1. The molecule has 2 amide bonds. The number of hydrazine groups is 1. The molecule has 0 heterocycles. The van der Waals surface area contributed by atoms with Crippen LogP contribution in [0.2, 0.25) is 0 Å². The zero-order chi connectivity index (χ0) is 17.9. The summed E-state index contributed by atoms with van der Waals surface area (Å²) < 4.78 is 0. The molecule has 24 heavy (non-hydrogen) atoms. The number of benzene rings is 2. The van der Waals surface area contributed by atoms with Crippen LogP contribution in [-0.4, -0.2) is 22.4 Å². The molecule has 0 aliphatic heterocycles. The summed E-state index contributed by atoms with van der Waals surface area (Å²) in [5.41, 5.74) is 5.35. The Balaban J connectivity index is 2.27. The second-order valence-electron chi connectivity index (χ2n) is 6.99. The predicted octanol–water partition coefficient (Wildman–Crippen LogP) is 3.89. The number of nitrogens with zero attached hydrogens (tertiary/aromatic N) is 1. The lowest BCUT2D eigenvalue weighted by Crippen LogP contribution is -2.55. The van der Waals surface area contributed by atoms with Crippen molar-refractivity contribution >= 4 is 11.8 Å². The van der Waals surface area contributed by atoms with Crippen LogP contribution in [0.15, 0.2) is 48.5 Å². The van der Waals surface area contributed by atoms with Crippen LogP contribution in [0.1, 0.15) is 52.6 Å². The summed E-state index contributed by atoms with van der Waals surface area (Å²) in [7, 11) is 0. The summed E-state index contributed by atoms with van der Waals surface area (Å²) in [6.07, 6.45) is 0. The molecule has 0 fully saturated rings. The van der Waals surface area contributed by atoms with E-state index >= 15 is 0 Å². The number of rotatable bonds is 2. The normalized spacial score (nSPS) is 11.0. The van der Waals surface area contributed by atoms with Crippen LogP contribution in [0, 0.1) is 13.8 Å². The minimum atomic E-state index is -0.554. The van der Waals surface area contributed by atoms with E-state index in [0.717, 1.165) is 11.1 Å². The Kier molecular flexibility index (Phi) is 5.07. The van der Waals surface area contributed by atoms with Crippen LogP contribution in [0.25, 0.3) is 0 Å². The van der Waals surface area contributed by atoms with Crippen LogP contribution in [0.5, 0.6) is 0 Å². The van der Waals surface area contributed by atoms with Gasteiger partial charge in [-0.25, -0.2) is 5.01 Å². The summed E-state index contributed by atoms with van der Waals surface area (Å²) >= 11 is 0. The first-order valence-electron chi connectivity index (χ1n) is 7.97. The molecular weight excluding hydrogens is 300 g/mol. The summed E-state index contributed by atoms with van der Waals surface area (Å²) in [5, 5.41) is 1.39. The van der Waals surface area contributed by atoms with Gasteiger partial charge in [-0.05, 0) is 58.9 Å². The third-order valence-electron chi connectivity index (χ3n) is 3.67. The fourth-order valence-corrected chi connectivity index (χ4v) is 2.30. The number of carbonyl (C=O) groups excluding carboxylic acids is 2. The van der Waals surface area contributed by atoms with E-state index in [2.05, 4.69) is 5.43 Å². The zero-order valence-electron chi connectivity index (χ0n) is 14.9. The lowest BCUT2D eigenvalue weighted by Gasteiger charge is -2.35. The molecule has 0 radical (unpaired) electrons. The van der Waals surface area contributed by atoms with Gasteiger partial charge in [-0.3, -0.25) is 15.0 Å². The second-order valence-corrected chi connectivity index (χ2v) is 6.99. The van der Waals surface area contributed by atoms with Gasteiger partial charge in [0.05, 0.1) is 5.54 Å². The average molecular weight is 324 g/mol. The predicted molar refractivity (Wildman–Crippen MR) is 95.7 cm³/mol. The molecule has 4 heteroatoms. The molecule has 4 nitrogen and oxygen atoms in total. The van der Waals surface area contributed by atoms with E-state index in [0.29, 0.717) is 11.1 Å². The molecule has 0 aromatic heterocycles. The van der Waals surface area contributed by atoms with Gasteiger partial charge in [0, 0.05) is 11.1 Å². The largest absolute Gasteiger partial charge is 0.272 e. The van der Waals surface area contributed by atoms with Crippen molar-refractivity contribution in [3.05, 3.63) is 70.8 Å². The van der Waals surface area contributed by atoms with Crippen molar-refractivity contribution in [1.29, 1.82) is 0 Å². The minimum Gasteiger partial charge on any atom is -0.267 e. The van der Waals surface area contributed by atoms with Crippen LogP contribution in [-0.2, 0) is 0 Å². The molecule has 0 saturated heterocycles. The van der Waals surface area contributed by atoms with Crippen molar-refractivity contribution in [2.24, 2.45) is 0 Å². The Morgan fingerprint density at radius 2 is 1.50 bits per heavy atom. The molecule has 2 rings (SSSR count). The standard InChI is InChI=1S/C20H24N2O2/c1-14-9-11-16(12-10-14)18(23)21-22(20(3,4)5)19(24)17-8-6-7-15(2)13-17/h6-13H,1-5H3,(H,21,23). The lowest BCUT2D eigenvalue weighted by atomic mass is 10.1. The Labute approximate surface area is 143 Å². The molecule has 0 unspecified atom stereocenters. The third kappa shape index (κ3) is 4.22. The van der Waals surface area contributed by atoms with Gasteiger partial charge in [0.1, 0.15) is 0 Å². The van der Waals surface area contributed by atoms with Crippen molar-refractivity contribution in [2.75, 3.05) is 0 Å². The first-order chi connectivity index (χ1) is 11.2. The third-order valence-corrected chi connectivity index (χ3v) is 3.67. The van der Waals surface area contributed by atoms with E-state index in [1.807, 2.05) is 65.0 Å². The second kappa shape index (κ2) is 6.87. The van der Waals surface area contributed by atoms with Crippen molar-refractivity contribution in [2.45, 2.75) is 40.2 Å². The van der Waals surface area contributed by atoms with Crippen molar-refractivity contribution in [1.82, 2.24) is 10.4 Å². The van der Waals surface area contributed by atoms with Gasteiger partial charge in [-0.2, -0.15) is 0 Å². The van der Waals surface area contributed by atoms with Crippen molar-refractivity contribution in [3.8, 4) is 0 Å². The fourth-order valence-electron chi connectivity index (χ4n) is 2.30. The molecular formula is C20H24N2O2. The van der Waals surface area contributed by atoms with Crippen LogP contribution in [0.3, 0.4) is 0 Å². The molecule has 0 aliphatic rings. The minimum absolute atomic E-state index is 0.230. The van der Waals surface area contributed by atoms with E-state index in [-0.39, 0.29) is 11.8 Å². The van der Waals surface area contributed by atoms with Gasteiger partial charge >= 0.3 is 0 Å². The Morgan fingerprint density at radius 1 is 0.875 bits per heavy atom. The maximum atomic E-state index is 12.9. The van der Waals surface area contributed by atoms with E-state index in [1.54, 1.807) is 18.2 Å². The summed E-state index contributed by atoms with van der Waals surface area (Å²) in [6.45, 7) is 9.55. The van der Waals surface area contributed by atoms with Gasteiger partial charge in [-0.1, -0.05) is 35.4 Å². The fraction of sp³-hybridized carbons (Fsp3) is 0.300. The highest BCUT2D eigenvalue weighted by molar-refractivity contribution is 5.99. The monoisotopic (exact) mass is 324 g/mol. The smallest absolute Gasteiger partial charge is 0.267 e. The average Bonchev–Trinajstić information content (AvgIpc) is 2.51. The number of aryl methyl sites for hydroxylation is 2. The summed E-state index contributed by atoms with van der Waals surface area (Å²) in [6, 6.07) is 14.6. The van der Waals surface area contributed by atoms with Crippen molar-refractivity contribution < 1.29 is 9.59 Å².